The van der Waals surface area contributed by atoms with Crippen LogP contribution in [-0.2, 0) is 21.2 Å². The zero-order valence-electron chi connectivity index (χ0n) is 15.1. The SMILES string of the molecule is CNC1CCCN(CC(=O)N2c3ccc(S(N)(=O)=O)cc3CC2C)C1.Cl. The molecule has 26 heavy (non-hydrogen) atoms. The normalized spacial score (nSPS) is 23.4. The number of nitrogens with one attached hydrogen (secondary N) is 1. The molecule has 1 aromatic rings. The summed E-state index contributed by atoms with van der Waals surface area (Å²) < 4.78 is 23.1. The maximum Gasteiger partial charge on any atom is 0.241 e. The molecule has 3 N–H and O–H groups in total. The van der Waals surface area contributed by atoms with Gasteiger partial charge < -0.3 is 10.2 Å². The number of rotatable bonds is 4. The first-order valence-corrected chi connectivity index (χ1v) is 10.2. The van der Waals surface area contributed by atoms with Crippen LogP contribution in [0.3, 0.4) is 0 Å². The molecule has 0 radical (unpaired) electrons. The average molecular weight is 403 g/mol. The molecule has 2 atom stereocenters. The lowest BCUT2D eigenvalue weighted by atomic mass is 10.1. The van der Waals surface area contributed by atoms with Gasteiger partial charge in [0, 0.05) is 24.3 Å². The molecule has 0 saturated carbocycles. The maximum absolute atomic E-state index is 12.9. The monoisotopic (exact) mass is 402 g/mol. The van der Waals surface area contributed by atoms with Crippen molar-refractivity contribution in [3.8, 4) is 0 Å². The predicted octanol–water partition coefficient (Wildman–Crippen LogP) is 0.717. The third-order valence-electron chi connectivity index (χ3n) is 5.14. The fourth-order valence-corrected chi connectivity index (χ4v) is 4.43. The van der Waals surface area contributed by atoms with Gasteiger partial charge in [-0.1, -0.05) is 0 Å². The second-order valence-corrected chi connectivity index (χ2v) is 8.58. The number of nitrogens with two attached hydrogens (primary N) is 1. The summed E-state index contributed by atoms with van der Waals surface area (Å²) in [5.41, 5.74) is 1.66. The van der Waals surface area contributed by atoms with Crippen molar-refractivity contribution in [2.45, 2.75) is 43.2 Å². The van der Waals surface area contributed by atoms with Gasteiger partial charge in [-0.15, -0.1) is 12.4 Å². The van der Waals surface area contributed by atoms with Crippen LogP contribution in [0.15, 0.2) is 23.1 Å². The van der Waals surface area contributed by atoms with E-state index in [4.69, 9.17) is 5.14 Å². The summed E-state index contributed by atoms with van der Waals surface area (Å²) in [6.07, 6.45) is 2.87. The van der Waals surface area contributed by atoms with E-state index >= 15 is 0 Å². The molecular formula is C17H27ClN4O3S. The minimum absolute atomic E-state index is 0. The van der Waals surface area contributed by atoms with E-state index in [2.05, 4.69) is 10.2 Å². The molecule has 1 saturated heterocycles. The topological polar surface area (TPSA) is 95.7 Å². The Labute approximate surface area is 161 Å². The van der Waals surface area contributed by atoms with Gasteiger partial charge in [0.05, 0.1) is 11.4 Å². The van der Waals surface area contributed by atoms with Crippen molar-refractivity contribution in [1.29, 1.82) is 0 Å². The molecule has 1 aromatic carbocycles. The first-order valence-electron chi connectivity index (χ1n) is 8.67. The summed E-state index contributed by atoms with van der Waals surface area (Å²) in [6, 6.07) is 5.21. The average Bonchev–Trinajstić information content (AvgIpc) is 2.89. The van der Waals surface area contributed by atoms with Gasteiger partial charge in [0.15, 0.2) is 0 Å². The fraction of sp³-hybridized carbons (Fsp3) is 0.588. The number of halogens is 1. The van der Waals surface area contributed by atoms with E-state index in [0.29, 0.717) is 19.0 Å². The number of fused-ring (bicyclic) bond motifs is 1. The molecule has 2 aliphatic rings. The number of piperidine rings is 1. The first-order chi connectivity index (χ1) is 11.8. The third kappa shape index (κ3) is 4.37. The number of hydrogen-bond acceptors (Lipinski definition) is 5. The lowest BCUT2D eigenvalue weighted by Gasteiger charge is -2.33. The lowest BCUT2D eigenvalue weighted by Crippen LogP contribution is -2.49. The largest absolute Gasteiger partial charge is 0.316 e. The van der Waals surface area contributed by atoms with E-state index in [1.807, 2.05) is 14.0 Å². The van der Waals surface area contributed by atoms with Crippen LogP contribution in [0, 0.1) is 0 Å². The van der Waals surface area contributed by atoms with Crippen LogP contribution in [0.1, 0.15) is 25.3 Å². The van der Waals surface area contributed by atoms with Crippen LogP contribution in [0.5, 0.6) is 0 Å². The van der Waals surface area contributed by atoms with Crippen molar-refractivity contribution in [2.75, 3.05) is 31.6 Å². The Morgan fingerprint density at radius 3 is 2.77 bits per heavy atom. The molecule has 0 aromatic heterocycles. The van der Waals surface area contributed by atoms with Crippen LogP contribution in [0.25, 0.3) is 0 Å². The summed E-state index contributed by atoms with van der Waals surface area (Å²) in [4.78, 5) is 17.0. The van der Waals surface area contributed by atoms with Crippen molar-refractivity contribution in [3.63, 3.8) is 0 Å². The van der Waals surface area contributed by atoms with E-state index in [1.54, 1.807) is 17.0 Å². The number of likely N-dealkylation sites (tertiary alicyclic amines) is 1. The van der Waals surface area contributed by atoms with Crippen molar-refractivity contribution < 1.29 is 13.2 Å². The highest BCUT2D eigenvalue weighted by atomic mass is 35.5. The molecule has 0 aliphatic carbocycles. The fourth-order valence-electron chi connectivity index (χ4n) is 3.87. The number of amides is 1. The van der Waals surface area contributed by atoms with Gasteiger partial charge in [-0.25, -0.2) is 13.6 Å². The Morgan fingerprint density at radius 2 is 2.12 bits per heavy atom. The van der Waals surface area contributed by atoms with Gasteiger partial charge in [0.25, 0.3) is 0 Å². The molecule has 2 unspecified atom stereocenters. The molecule has 9 heteroatoms. The quantitative estimate of drug-likeness (QED) is 0.773. The number of hydrogen-bond donors (Lipinski definition) is 2. The van der Waals surface area contributed by atoms with Crippen LogP contribution in [0.2, 0.25) is 0 Å². The molecular weight excluding hydrogens is 376 g/mol. The standard InChI is InChI=1S/C17H26N4O3S.ClH/c1-12-8-13-9-15(25(18,23)24)5-6-16(13)21(12)17(22)11-20-7-3-4-14(10-20)19-2;/h5-6,9,12,14,19H,3-4,7-8,10-11H2,1-2H3,(H2,18,23,24);1H. The van der Waals surface area contributed by atoms with E-state index in [1.165, 1.54) is 6.07 Å². The Bertz CT molecular complexity index is 771. The maximum atomic E-state index is 12.9. The minimum atomic E-state index is -3.73. The van der Waals surface area contributed by atoms with Gasteiger partial charge in [0.1, 0.15) is 0 Å². The van der Waals surface area contributed by atoms with Gasteiger partial charge in [-0.3, -0.25) is 9.69 Å². The number of anilines is 1. The van der Waals surface area contributed by atoms with Crippen molar-refractivity contribution >= 4 is 34.0 Å². The summed E-state index contributed by atoms with van der Waals surface area (Å²) in [5.74, 6) is 0.0614. The Hall–Kier alpha value is -1.19. The van der Waals surface area contributed by atoms with Gasteiger partial charge in [-0.05, 0) is 63.5 Å². The van der Waals surface area contributed by atoms with Crippen LogP contribution in [0.4, 0.5) is 5.69 Å². The highest BCUT2D eigenvalue weighted by Gasteiger charge is 2.33. The van der Waals surface area contributed by atoms with Crippen molar-refractivity contribution in [1.82, 2.24) is 10.2 Å². The van der Waals surface area contributed by atoms with Crippen molar-refractivity contribution in [2.24, 2.45) is 5.14 Å². The number of carbonyl (C=O) groups excluding carboxylic acids is 1. The second-order valence-electron chi connectivity index (χ2n) is 7.02. The number of likely N-dealkylation sites (N-methyl/N-ethyl adjacent to an activating group) is 1. The number of nitrogens with zero attached hydrogens (tertiary/aromatic N) is 2. The summed E-state index contributed by atoms with van der Waals surface area (Å²) in [5, 5.41) is 8.50. The van der Waals surface area contributed by atoms with E-state index in [0.717, 1.165) is 37.2 Å². The number of primary sulfonamides is 1. The molecule has 2 aliphatic heterocycles. The smallest absolute Gasteiger partial charge is 0.241 e. The highest BCUT2D eigenvalue weighted by molar-refractivity contribution is 7.89. The lowest BCUT2D eigenvalue weighted by molar-refractivity contribution is -0.120. The van der Waals surface area contributed by atoms with Crippen molar-refractivity contribution in [3.05, 3.63) is 23.8 Å². The molecule has 1 fully saturated rings. The second kappa shape index (κ2) is 8.22. The van der Waals surface area contributed by atoms with Gasteiger partial charge in [0.2, 0.25) is 15.9 Å². The zero-order valence-corrected chi connectivity index (χ0v) is 16.8. The summed E-state index contributed by atoms with van der Waals surface area (Å²) >= 11 is 0. The van der Waals surface area contributed by atoms with Crippen LogP contribution >= 0.6 is 12.4 Å². The molecule has 0 spiro atoms. The Balaban J connectivity index is 0.00000243. The minimum Gasteiger partial charge on any atom is -0.316 e. The molecule has 146 valence electrons. The van der Waals surface area contributed by atoms with E-state index in [-0.39, 0.29) is 29.3 Å². The summed E-state index contributed by atoms with van der Waals surface area (Å²) in [7, 11) is -1.77. The number of sulfonamides is 1. The molecule has 2 heterocycles. The third-order valence-corrected chi connectivity index (χ3v) is 6.05. The highest BCUT2D eigenvalue weighted by Crippen LogP contribution is 2.34. The zero-order chi connectivity index (χ0) is 18.2. The molecule has 1 amide bonds. The Morgan fingerprint density at radius 1 is 1.38 bits per heavy atom. The van der Waals surface area contributed by atoms with Crippen LogP contribution in [-0.4, -0.2) is 58.0 Å². The first kappa shape index (κ1) is 21.1. The predicted molar refractivity (Wildman–Crippen MR) is 104 cm³/mol. The number of benzene rings is 1. The molecule has 7 nitrogen and oxygen atoms in total. The molecule has 3 rings (SSSR count). The molecule has 0 bridgehead atoms. The van der Waals surface area contributed by atoms with Gasteiger partial charge in [-0.2, -0.15) is 0 Å². The summed E-state index contributed by atoms with van der Waals surface area (Å²) in [6.45, 7) is 4.19. The van der Waals surface area contributed by atoms with E-state index < -0.39 is 10.0 Å². The van der Waals surface area contributed by atoms with Gasteiger partial charge >= 0.3 is 0 Å². The van der Waals surface area contributed by atoms with E-state index in [9.17, 15) is 13.2 Å². The Kier molecular flexibility index (Phi) is 6.68. The number of carbonyl (C=O) groups is 1. The van der Waals surface area contributed by atoms with Crippen LogP contribution < -0.4 is 15.4 Å².